The quantitative estimate of drug-likeness (QED) is 0.716. The van der Waals surface area contributed by atoms with Gasteiger partial charge in [0.1, 0.15) is 11.4 Å². The van der Waals surface area contributed by atoms with Crippen molar-refractivity contribution in [1.82, 2.24) is 10.1 Å². The van der Waals surface area contributed by atoms with Crippen LogP contribution in [0, 0.1) is 0 Å². The minimum absolute atomic E-state index is 0.700. The van der Waals surface area contributed by atoms with Crippen LogP contribution in [0.5, 0.6) is 5.75 Å². The van der Waals surface area contributed by atoms with Gasteiger partial charge in [0, 0.05) is 29.6 Å². The molecule has 0 aliphatic heterocycles. The van der Waals surface area contributed by atoms with Crippen molar-refractivity contribution < 1.29 is 9.26 Å². The zero-order chi connectivity index (χ0) is 13.1. The summed E-state index contributed by atoms with van der Waals surface area (Å²) in [5.41, 5.74) is 2.64. The van der Waals surface area contributed by atoms with Gasteiger partial charge in [-0.3, -0.25) is 4.98 Å². The van der Waals surface area contributed by atoms with Crippen LogP contribution in [0.2, 0.25) is 0 Å². The molecule has 0 saturated heterocycles. The number of ether oxygens (including phenoxy) is 1. The van der Waals surface area contributed by atoms with E-state index in [1.54, 1.807) is 19.5 Å². The van der Waals surface area contributed by atoms with Crippen molar-refractivity contribution in [2.75, 3.05) is 7.11 Å². The first-order valence-electron chi connectivity index (χ1n) is 5.88. The molecule has 0 atom stereocenters. The van der Waals surface area contributed by atoms with E-state index < -0.39 is 0 Å². The molecule has 0 saturated carbocycles. The van der Waals surface area contributed by atoms with Gasteiger partial charge in [-0.25, -0.2) is 0 Å². The largest absolute Gasteiger partial charge is 0.497 e. The van der Waals surface area contributed by atoms with E-state index in [2.05, 4.69) is 10.1 Å². The molecule has 94 valence electrons. The normalized spacial score (nSPS) is 10.4. The number of hydrogen-bond acceptors (Lipinski definition) is 4. The molecule has 3 rings (SSSR count). The third-order valence-electron chi connectivity index (χ3n) is 2.82. The molecule has 0 aliphatic carbocycles. The van der Waals surface area contributed by atoms with Gasteiger partial charge in [-0.2, -0.15) is 0 Å². The van der Waals surface area contributed by atoms with Crippen LogP contribution in [0.15, 0.2) is 59.4 Å². The van der Waals surface area contributed by atoms with E-state index in [1.807, 2.05) is 42.5 Å². The molecule has 2 heterocycles. The second kappa shape index (κ2) is 4.94. The average molecular weight is 252 g/mol. The zero-order valence-electron chi connectivity index (χ0n) is 10.4. The van der Waals surface area contributed by atoms with Crippen LogP contribution in [0.3, 0.4) is 0 Å². The lowest BCUT2D eigenvalue weighted by Gasteiger charge is -2.00. The van der Waals surface area contributed by atoms with Gasteiger partial charge in [-0.1, -0.05) is 17.3 Å². The standard InChI is InChI=1S/C15H12N2O2/c1-18-13-6-2-4-11(8-13)14-9-15(19-17-14)12-5-3-7-16-10-12/h2-10H,1H3. The van der Waals surface area contributed by atoms with Crippen molar-refractivity contribution in [3.05, 3.63) is 54.9 Å². The zero-order valence-corrected chi connectivity index (χ0v) is 10.4. The van der Waals surface area contributed by atoms with Crippen LogP contribution in [0.4, 0.5) is 0 Å². The van der Waals surface area contributed by atoms with Gasteiger partial charge in [0.15, 0.2) is 5.76 Å². The molecule has 0 amide bonds. The Morgan fingerprint density at radius 3 is 2.74 bits per heavy atom. The number of aromatic nitrogens is 2. The minimum Gasteiger partial charge on any atom is -0.497 e. The highest BCUT2D eigenvalue weighted by molar-refractivity contribution is 5.67. The van der Waals surface area contributed by atoms with Crippen LogP contribution in [0.1, 0.15) is 0 Å². The monoisotopic (exact) mass is 252 g/mol. The average Bonchev–Trinajstić information content (AvgIpc) is 2.98. The Morgan fingerprint density at radius 1 is 1.05 bits per heavy atom. The summed E-state index contributed by atoms with van der Waals surface area (Å²) >= 11 is 0. The second-order valence-electron chi connectivity index (χ2n) is 4.05. The van der Waals surface area contributed by atoms with E-state index in [-0.39, 0.29) is 0 Å². The summed E-state index contributed by atoms with van der Waals surface area (Å²) in [6.07, 6.45) is 3.47. The number of methoxy groups -OCH3 is 1. The molecule has 0 fully saturated rings. The summed E-state index contributed by atoms with van der Waals surface area (Å²) in [5.74, 6) is 1.49. The van der Waals surface area contributed by atoms with Gasteiger partial charge in [-0.05, 0) is 24.3 Å². The van der Waals surface area contributed by atoms with Crippen molar-refractivity contribution in [2.24, 2.45) is 0 Å². The Kier molecular flexibility index (Phi) is 2.98. The highest BCUT2D eigenvalue weighted by Gasteiger charge is 2.09. The molecule has 0 N–H and O–H groups in total. The molecule has 4 nitrogen and oxygen atoms in total. The summed E-state index contributed by atoms with van der Waals surface area (Å²) in [6.45, 7) is 0. The number of hydrogen-bond donors (Lipinski definition) is 0. The molecule has 1 aromatic carbocycles. The molecular formula is C15H12N2O2. The van der Waals surface area contributed by atoms with E-state index in [1.165, 1.54) is 0 Å². The molecule has 19 heavy (non-hydrogen) atoms. The van der Waals surface area contributed by atoms with E-state index in [0.717, 1.165) is 22.6 Å². The Hall–Kier alpha value is -2.62. The van der Waals surface area contributed by atoms with Crippen molar-refractivity contribution in [3.63, 3.8) is 0 Å². The van der Waals surface area contributed by atoms with Crippen molar-refractivity contribution in [1.29, 1.82) is 0 Å². The Labute approximate surface area is 110 Å². The van der Waals surface area contributed by atoms with E-state index in [0.29, 0.717) is 5.76 Å². The lowest BCUT2D eigenvalue weighted by molar-refractivity contribution is 0.414. The van der Waals surface area contributed by atoms with Gasteiger partial charge >= 0.3 is 0 Å². The highest BCUT2D eigenvalue weighted by Crippen LogP contribution is 2.27. The van der Waals surface area contributed by atoms with Gasteiger partial charge in [0.05, 0.1) is 7.11 Å². The minimum atomic E-state index is 0.700. The van der Waals surface area contributed by atoms with Crippen LogP contribution in [-0.4, -0.2) is 17.3 Å². The smallest absolute Gasteiger partial charge is 0.169 e. The summed E-state index contributed by atoms with van der Waals surface area (Å²) in [4.78, 5) is 4.06. The molecular weight excluding hydrogens is 240 g/mol. The van der Waals surface area contributed by atoms with Crippen molar-refractivity contribution in [3.8, 4) is 28.3 Å². The van der Waals surface area contributed by atoms with Gasteiger partial charge < -0.3 is 9.26 Å². The lowest BCUT2D eigenvalue weighted by atomic mass is 10.1. The Bertz CT molecular complexity index is 677. The number of pyridine rings is 1. The summed E-state index contributed by atoms with van der Waals surface area (Å²) in [6, 6.07) is 13.4. The first-order chi connectivity index (χ1) is 9.36. The molecule has 0 spiro atoms. The third-order valence-corrected chi connectivity index (χ3v) is 2.82. The Balaban J connectivity index is 1.97. The van der Waals surface area contributed by atoms with Gasteiger partial charge in [-0.15, -0.1) is 0 Å². The molecule has 0 aliphatic rings. The van der Waals surface area contributed by atoms with Crippen LogP contribution >= 0.6 is 0 Å². The second-order valence-corrected chi connectivity index (χ2v) is 4.05. The molecule has 2 aromatic heterocycles. The summed E-state index contributed by atoms with van der Waals surface area (Å²) in [7, 11) is 1.64. The maximum Gasteiger partial charge on any atom is 0.169 e. The first-order valence-corrected chi connectivity index (χ1v) is 5.88. The van der Waals surface area contributed by atoms with Crippen LogP contribution in [0.25, 0.3) is 22.6 Å². The van der Waals surface area contributed by atoms with E-state index >= 15 is 0 Å². The predicted octanol–water partition coefficient (Wildman–Crippen LogP) is 3.41. The third kappa shape index (κ3) is 2.33. The Morgan fingerprint density at radius 2 is 1.95 bits per heavy atom. The topological polar surface area (TPSA) is 48.2 Å². The van der Waals surface area contributed by atoms with Gasteiger partial charge in [0.25, 0.3) is 0 Å². The number of benzene rings is 1. The number of nitrogens with zero attached hydrogens (tertiary/aromatic N) is 2. The SMILES string of the molecule is COc1cccc(-c2cc(-c3cccnc3)on2)c1. The molecule has 0 bridgehead atoms. The molecule has 0 unspecified atom stereocenters. The fraction of sp³-hybridized carbons (Fsp3) is 0.0667. The first kappa shape index (κ1) is 11.5. The summed E-state index contributed by atoms with van der Waals surface area (Å²) in [5, 5.41) is 4.08. The molecule has 4 heteroatoms. The van der Waals surface area contributed by atoms with E-state index in [9.17, 15) is 0 Å². The van der Waals surface area contributed by atoms with Crippen molar-refractivity contribution in [2.45, 2.75) is 0 Å². The van der Waals surface area contributed by atoms with Crippen LogP contribution < -0.4 is 4.74 Å². The maximum absolute atomic E-state index is 5.35. The predicted molar refractivity (Wildman–Crippen MR) is 71.7 cm³/mol. The lowest BCUT2D eigenvalue weighted by Crippen LogP contribution is -1.83. The van der Waals surface area contributed by atoms with Crippen molar-refractivity contribution >= 4 is 0 Å². The van der Waals surface area contributed by atoms with Gasteiger partial charge in [0.2, 0.25) is 0 Å². The molecule has 0 radical (unpaired) electrons. The number of rotatable bonds is 3. The van der Waals surface area contributed by atoms with Crippen LogP contribution in [-0.2, 0) is 0 Å². The fourth-order valence-corrected chi connectivity index (χ4v) is 1.84. The highest BCUT2D eigenvalue weighted by atomic mass is 16.5. The molecule has 3 aromatic rings. The van der Waals surface area contributed by atoms with E-state index in [4.69, 9.17) is 9.26 Å². The fourth-order valence-electron chi connectivity index (χ4n) is 1.84. The maximum atomic E-state index is 5.35. The summed E-state index contributed by atoms with van der Waals surface area (Å²) < 4.78 is 10.5.